The van der Waals surface area contributed by atoms with Crippen LogP contribution in [0.3, 0.4) is 0 Å². The molecule has 1 saturated heterocycles. The van der Waals surface area contributed by atoms with Gasteiger partial charge in [-0.25, -0.2) is 4.98 Å². The third-order valence-electron chi connectivity index (χ3n) is 7.15. The van der Waals surface area contributed by atoms with Crippen LogP contribution in [-0.4, -0.2) is 46.0 Å². The fraction of sp³-hybridized carbons (Fsp3) is 0.600. The topological polar surface area (TPSA) is 50.2 Å². The molecule has 1 aromatic carbocycles. The summed E-state index contributed by atoms with van der Waals surface area (Å²) in [6, 6.07) is 2.27. The number of carbonyl (C=O) groups is 1. The van der Waals surface area contributed by atoms with E-state index in [-0.39, 0.29) is 29.8 Å². The van der Waals surface area contributed by atoms with Crippen molar-refractivity contribution in [1.82, 2.24) is 19.8 Å². The number of halogens is 6. The maximum atomic E-state index is 13.3. The monoisotopic (exact) mass is 516 g/mol. The smallest absolute Gasteiger partial charge is 0.351 e. The van der Waals surface area contributed by atoms with E-state index in [9.17, 15) is 31.1 Å². The summed E-state index contributed by atoms with van der Waals surface area (Å²) < 4.78 is 81.2. The van der Waals surface area contributed by atoms with Gasteiger partial charge < -0.3 is 14.8 Å². The van der Waals surface area contributed by atoms with Crippen molar-refractivity contribution in [2.45, 2.75) is 76.3 Å². The first-order valence-electron chi connectivity index (χ1n) is 12.3. The van der Waals surface area contributed by atoms with E-state index >= 15 is 0 Å². The van der Waals surface area contributed by atoms with E-state index in [2.05, 4.69) is 22.1 Å². The Labute approximate surface area is 205 Å². The number of nitrogens with zero attached hydrogens (tertiary/aromatic N) is 3. The zero-order valence-corrected chi connectivity index (χ0v) is 20.1. The minimum Gasteiger partial charge on any atom is -0.351 e. The van der Waals surface area contributed by atoms with Crippen molar-refractivity contribution >= 4 is 5.91 Å². The van der Waals surface area contributed by atoms with Crippen LogP contribution in [0.25, 0.3) is 0 Å². The highest BCUT2D eigenvalue weighted by atomic mass is 19.4. The number of hydrogen-bond donors (Lipinski definition) is 1. The average Bonchev–Trinajstić information content (AvgIpc) is 3.25. The first-order chi connectivity index (χ1) is 16.9. The summed E-state index contributed by atoms with van der Waals surface area (Å²) in [5.41, 5.74) is -2.45. The number of alkyl halides is 6. The number of rotatable bonds is 6. The van der Waals surface area contributed by atoms with E-state index < -0.39 is 29.4 Å². The van der Waals surface area contributed by atoms with Crippen LogP contribution < -0.4 is 5.32 Å². The Kier molecular flexibility index (Phi) is 7.68. The Hall–Kier alpha value is -2.56. The first-order valence-corrected chi connectivity index (χ1v) is 12.3. The quantitative estimate of drug-likeness (QED) is 0.399. The van der Waals surface area contributed by atoms with Crippen molar-refractivity contribution in [3.8, 4) is 0 Å². The van der Waals surface area contributed by atoms with Crippen molar-refractivity contribution in [3.63, 3.8) is 0 Å². The van der Waals surface area contributed by atoms with Crippen LogP contribution in [0.4, 0.5) is 26.3 Å². The second-order valence-electron chi connectivity index (χ2n) is 9.76. The summed E-state index contributed by atoms with van der Waals surface area (Å²) in [5, 5.41) is 2.86. The zero-order chi connectivity index (χ0) is 26.1. The maximum Gasteiger partial charge on any atom is 0.416 e. The SMILES string of the molecule is C[C@H]1CCCCN1CCCNC(=O)c1cn2c(n1)CC[C@@H](c1cc(C(F)(F)F)cc(C(F)(F)F)c1)C2. The number of benzene rings is 1. The molecule has 3 heterocycles. The minimum atomic E-state index is -4.89. The molecule has 1 fully saturated rings. The number of likely N-dealkylation sites (tertiary alicyclic amines) is 1. The molecule has 2 atom stereocenters. The van der Waals surface area contributed by atoms with Crippen LogP contribution in [0.2, 0.25) is 0 Å². The molecule has 1 amide bonds. The minimum absolute atomic E-state index is 0.0190. The van der Waals surface area contributed by atoms with Crippen molar-refractivity contribution in [1.29, 1.82) is 0 Å². The molecule has 0 radical (unpaired) electrons. The molecule has 2 aromatic rings. The standard InChI is InChI=1S/C25H30F6N4O/c1-16-5-2-3-9-34(16)10-4-8-32-23(36)21-15-35-14-17(6-7-22(35)33-21)18-11-19(24(26,27)28)13-20(12-18)25(29,30)31/h11-13,15-17H,2-10,14H2,1H3,(H,32,36)/t16-,17+/m0/s1. The van der Waals surface area contributed by atoms with Gasteiger partial charge in [-0.05, 0) is 62.9 Å². The molecule has 0 unspecified atom stereocenters. The molecule has 0 bridgehead atoms. The molecule has 0 saturated carbocycles. The number of hydrogen-bond acceptors (Lipinski definition) is 3. The van der Waals surface area contributed by atoms with E-state index in [1.165, 1.54) is 25.5 Å². The van der Waals surface area contributed by atoms with Gasteiger partial charge in [-0.1, -0.05) is 6.42 Å². The molecular formula is C25H30F6N4O. The molecule has 198 valence electrons. The lowest BCUT2D eigenvalue weighted by molar-refractivity contribution is -0.143. The number of amides is 1. The Morgan fingerprint density at radius 3 is 2.39 bits per heavy atom. The molecule has 2 aliphatic heterocycles. The highest BCUT2D eigenvalue weighted by Crippen LogP contribution is 2.39. The highest BCUT2D eigenvalue weighted by Gasteiger charge is 2.38. The third-order valence-corrected chi connectivity index (χ3v) is 7.15. The lowest BCUT2D eigenvalue weighted by Crippen LogP contribution is -2.39. The van der Waals surface area contributed by atoms with Gasteiger partial charge in [-0.2, -0.15) is 26.3 Å². The Bertz CT molecular complexity index is 1050. The second-order valence-corrected chi connectivity index (χ2v) is 9.76. The fourth-order valence-electron chi connectivity index (χ4n) is 5.10. The molecule has 1 N–H and O–H groups in total. The number of piperidine rings is 1. The van der Waals surface area contributed by atoms with E-state index in [0.29, 0.717) is 31.3 Å². The summed E-state index contributed by atoms with van der Waals surface area (Å²) in [6.45, 7) is 4.84. The van der Waals surface area contributed by atoms with Crippen molar-refractivity contribution in [2.75, 3.05) is 19.6 Å². The van der Waals surface area contributed by atoms with Crippen LogP contribution in [-0.2, 0) is 25.3 Å². The third kappa shape index (κ3) is 6.22. The molecule has 1 aromatic heterocycles. The van der Waals surface area contributed by atoms with Gasteiger partial charge in [0.05, 0.1) is 11.1 Å². The van der Waals surface area contributed by atoms with E-state index in [0.717, 1.165) is 31.6 Å². The number of imidazole rings is 1. The molecule has 0 aliphatic carbocycles. The van der Waals surface area contributed by atoms with Gasteiger partial charge in [0.2, 0.25) is 0 Å². The van der Waals surface area contributed by atoms with Crippen LogP contribution in [0.1, 0.15) is 77.9 Å². The normalized spacial score (nSPS) is 21.3. The van der Waals surface area contributed by atoms with Crippen LogP contribution in [0.15, 0.2) is 24.4 Å². The van der Waals surface area contributed by atoms with Gasteiger partial charge >= 0.3 is 12.4 Å². The summed E-state index contributed by atoms with van der Waals surface area (Å²) in [4.78, 5) is 19.4. The fourth-order valence-corrected chi connectivity index (χ4v) is 5.10. The van der Waals surface area contributed by atoms with Gasteiger partial charge in [0, 0.05) is 44.2 Å². The number of carbonyl (C=O) groups excluding carboxylic acids is 1. The highest BCUT2D eigenvalue weighted by molar-refractivity contribution is 5.92. The summed E-state index contributed by atoms with van der Waals surface area (Å²) in [6.07, 6.45) is -3.12. The average molecular weight is 517 g/mol. The molecule has 5 nitrogen and oxygen atoms in total. The Morgan fingerprint density at radius 2 is 1.75 bits per heavy atom. The number of nitrogens with one attached hydrogen (secondary N) is 1. The molecule has 11 heteroatoms. The first kappa shape index (κ1) is 26.5. The molecule has 4 rings (SSSR count). The van der Waals surface area contributed by atoms with Crippen molar-refractivity contribution < 1.29 is 31.1 Å². The van der Waals surface area contributed by atoms with Crippen LogP contribution in [0, 0.1) is 0 Å². The predicted octanol–water partition coefficient (Wildman–Crippen LogP) is 5.65. The number of aromatic nitrogens is 2. The number of fused-ring (bicyclic) bond motifs is 1. The van der Waals surface area contributed by atoms with Gasteiger partial charge in [-0.15, -0.1) is 0 Å². The number of aryl methyl sites for hydroxylation is 1. The molecule has 36 heavy (non-hydrogen) atoms. The Balaban J connectivity index is 1.40. The lowest BCUT2D eigenvalue weighted by Gasteiger charge is -2.33. The van der Waals surface area contributed by atoms with Crippen molar-refractivity contribution in [2.24, 2.45) is 0 Å². The summed E-state index contributed by atoms with van der Waals surface area (Å²) in [7, 11) is 0. The van der Waals surface area contributed by atoms with E-state index in [4.69, 9.17) is 0 Å². The molecule has 2 aliphatic rings. The molecular weight excluding hydrogens is 486 g/mol. The largest absolute Gasteiger partial charge is 0.416 e. The predicted molar refractivity (Wildman–Crippen MR) is 122 cm³/mol. The van der Waals surface area contributed by atoms with Crippen molar-refractivity contribution in [3.05, 3.63) is 52.6 Å². The second kappa shape index (κ2) is 10.4. The van der Waals surface area contributed by atoms with Gasteiger partial charge in [0.25, 0.3) is 5.91 Å². The Morgan fingerprint density at radius 1 is 1.06 bits per heavy atom. The van der Waals surface area contributed by atoms with Gasteiger partial charge in [0.15, 0.2) is 0 Å². The molecule has 0 spiro atoms. The summed E-state index contributed by atoms with van der Waals surface area (Å²) in [5.74, 6) is -0.294. The van der Waals surface area contributed by atoms with Gasteiger partial charge in [-0.3, -0.25) is 4.79 Å². The van der Waals surface area contributed by atoms with Gasteiger partial charge in [0.1, 0.15) is 11.5 Å². The van der Waals surface area contributed by atoms with E-state index in [1.54, 1.807) is 4.57 Å². The van der Waals surface area contributed by atoms with E-state index in [1.807, 2.05) is 0 Å². The maximum absolute atomic E-state index is 13.3. The zero-order valence-electron chi connectivity index (χ0n) is 20.1. The lowest BCUT2D eigenvalue weighted by atomic mass is 9.89. The van der Waals surface area contributed by atoms with Crippen LogP contribution >= 0.6 is 0 Å². The summed E-state index contributed by atoms with van der Waals surface area (Å²) >= 11 is 0. The van der Waals surface area contributed by atoms with Crippen LogP contribution in [0.5, 0.6) is 0 Å².